The second kappa shape index (κ2) is 10.7. The molecule has 5 rings (SSSR count). The fourth-order valence-electron chi connectivity index (χ4n) is 4.72. The summed E-state index contributed by atoms with van der Waals surface area (Å²) in [7, 11) is 2.19. The summed E-state index contributed by atoms with van der Waals surface area (Å²) in [6, 6.07) is 14.6. The quantitative estimate of drug-likeness (QED) is 0.398. The van der Waals surface area contributed by atoms with Crippen molar-refractivity contribution in [3.8, 4) is 6.07 Å². The third kappa shape index (κ3) is 5.30. The molecule has 36 heavy (non-hydrogen) atoms. The summed E-state index contributed by atoms with van der Waals surface area (Å²) in [4.78, 5) is 17.3. The lowest BCUT2D eigenvalue weighted by Gasteiger charge is -2.19. The number of rotatable bonds is 6. The lowest BCUT2D eigenvalue weighted by molar-refractivity contribution is 0.266. The van der Waals surface area contributed by atoms with Crippen molar-refractivity contribution in [3.05, 3.63) is 83.1 Å². The zero-order valence-corrected chi connectivity index (χ0v) is 20.8. The molecule has 0 atom stereocenters. The van der Waals surface area contributed by atoms with Gasteiger partial charge in [-0.3, -0.25) is 14.9 Å². The van der Waals surface area contributed by atoms with Crippen LogP contribution in [0.1, 0.15) is 34.5 Å². The van der Waals surface area contributed by atoms with Gasteiger partial charge >= 0.3 is 0 Å². The molecule has 0 aliphatic carbocycles. The molecule has 0 radical (unpaired) electrons. The van der Waals surface area contributed by atoms with Gasteiger partial charge in [0.25, 0.3) is 0 Å². The van der Waals surface area contributed by atoms with Crippen molar-refractivity contribution < 1.29 is 0 Å². The molecule has 1 aliphatic heterocycles. The minimum absolute atomic E-state index is 0.499. The Labute approximate surface area is 212 Å². The Morgan fingerprint density at radius 1 is 1.08 bits per heavy atom. The standard InChI is InChI=1S/C29H31N7/c1-21-26-11-12-32-28(26)10-9-27(21)34-29-22(18-31-19-23(29)17-30)7-8-24-5-3-6-25(33-24)20-36-14-4-13-35(2)15-16-36/h3,5-12,18-19,32H,4,13-16,20H2,1-2H3,(H,31,34). The third-order valence-corrected chi connectivity index (χ3v) is 6.82. The maximum Gasteiger partial charge on any atom is 0.103 e. The van der Waals surface area contributed by atoms with Crippen LogP contribution in [0.15, 0.2) is 55.0 Å². The molecule has 0 unspecified atom stereocenters. The van der Waals surface area contributed by atoms with Gasteiger partial charge in [0.05, 0.1) is 22.6 Å². The topological polar surface area (TPSA) is 83.9 Å². The van der Waals surface area contributed by atoms with Crippen LogP contribution >= 0.6 is 0 Å². The van der Waals surface area contributed by atoms with Crippen LogP contribution in [0.4, 0.5) is 11.4 Å². The summed E-state index contributed by atoms with van der Waals surface area (Å²) in [5.74, 6) is 0. The van der Waals surface area contributed by atoms with Crippen LogP contribution in [0, 0.1) is 18.3 Å². The Morgan fingerprint density at radius 3 is 2.89 bits per heavy atom. The number of anilines is 2. The van der Waals surface area contributed by atoms with Crippen LogP contribution in [-0.4, -0.2) is 58.0 Å². The Morgan fingerprint density at radius 2 is 2.00 bits per heavy atom. The fourth-order valence-corrected chi connectivity index (χ4v) is 4.72. The Kier molecular flexibility index (Phi) is 7.08. The number of pyridine rings is 2. The van der Waals surface area contributed by atoms with Crippen LogP contribution in [0.2, 0.25) is 0 Å². The number of benzene rings is 1. The molecular weight excluding hydrogens is 446 g/mol. The largest absolute Gasteiger partial charge is 0.361 e. The first-order chi connectivity index (χ1) is 17.6. The van der Waals surface area contributed by atoms with Crippen molar-refractivity contribution in [2.24, 2.45) is 0 Å². The van der Waals surface area contributed by atoms with Gasteiger partial charge in [-0.25, -0.2) is 0 Å². The predicted molar refractivity (Wildman–Crippen MR) is 146 cm³/mol. The number of fused-ring (bicyclic) bond motifs is 1. The maximum absolute atomic E-state index is 9.76. The maximum atomic E-state index is 9.76. The number of hydrogen-bond acceptors (Lipinski definition) is 6. The number of nitrogens with one attached hydrogen (secondary N) is 2. The molecule has 7 nitrogen and oxygen atoms in total. The monoisotopic (exact) mass is 477 g/mol. The van der Waals surface area contributed by atoms with Gasteiger partial charge in [-0.1, -0.05) is 6.07 Å². The second-order valence-electron chi connectivity index (χ2n) is 9.39. The van der Waals surface area contributed by atoms with Crippen molar-refractivity contribution in [1.82, 2.24) is 24.8 Å². The van der Waals surface area contributed by atoms with Crippen LogP contribution < -0.4 is 5.32 Å². The van der Waals surface area contributed by atoms with Crippen molar-refractivity contribution in [1.29, 1.82) is 5.26 Å². The molecule has 1 saturated heterocycles. The number of hydrogen-bond donors (Lipinski definition) is 2. The Balaban J connectivity index is 1.38. The van der Waals surface area contributed by atoms with Crippen molar-refractivity contribution >= 4 is 34.4 Å². The normalized spacial score (nSPS) is 15.2. The van der Waals surface area contributed by atoms with Gasteiger partial charge < -0.3 is 15.2 Å². The van der Waals surface area contributed by atoms with Crippen LogP contribution in [0.3, 0.4) is 0 Å². The first-order valence-electron chi connectivity index (χ1n) is 12.4. The summed E-state index contributed by atoms with van der Waals surface area (Å²) in [5, 5.41) is 14.4. The first kappa shape index (κ1) is 23.7. The van der Waals surface area contributed by atoms with E-state index in [1.54, 1.807) is 12.4 Å². The minimum Gasteiger partial charge on any atom is -0.361 e. The molecule has 4 heterocycles. The van der Waals surface area contributed by atoms with Gasteiger partial charge in [-0.15, -0.1) is 0 Å². The minimum atomic E-state index is 0.499. The van der Waals surface area contributed by atoms with Crippen molar-refractivity contribution in [2.75, 3.05) is 38.5 Å². The van der Waals surface area contributed by atoms with Gasteiger partial charge in [0, 0.05) is 60.4 Å². The van der Waals surface area contributed by atoms with E-state index in [0.717, 1.165) is 77.5 Å². The molecular formula is C29H31N7. The van der Waals surface area contributed by atoms with Crippen molar-refractivity contribution in [2.45, 2.75) is 19.9 Å². The highest BCUT2D eigenvalue weighted by atomic mass is 15.2. The number of aromatic amines is 1. The van der Waals surface area contributed by atoms with E-state index >= 15 is 0 Å². The highest BCUT2D eigenvalue weighted by Crippen LogP contribution is 2.31. The van der Waals surface area contributed by atoms with Gasteiger partial charge in [-0.2, -0.15) is 5.26 Å². The van der Waals surface area contributed by atoms with Gasteiger partial charge in [0.1, 0.15) is 6.07 Å². The number of likely N-dealkylation sites (N-methyl/N-ethyl adjacent to an activating group) is 1. The molecule has 7 heteroatoms. The van der Waals surface area contributed by atoms with Gasteiger partial charge in [0.15, 0.2) is 0 Å². The SMILES string of the molecule is Cc1c(Nc2c(C#N)cncc2C=Cc2cccc(CN3CCCN(C)CC3)n2)ccc2[nH]ccc12. The molecule has 0 amide bonds. The molecule has 0 saturated carbocycles. The first-order valence-corrected chi connectivity index (χ1v) is 12.4. The molecule has 1 aromatic carbocycles. The van der Waals surface area contributed by atoms with E-state index in [1.165, 1.54) is 6.42 Å². The van der Waals surface area contributed by atoms with Crippen molar-refractivity contribution in [3.63, 3.8) is 0 Å². The van der Waals surface area contributed by atoms with Crippen LogP contribution in [-0.2, 0) is 6.54 Å². The molecule has 182 valence electrons. The third-order valence-electron chi connectivity index (χ3n) is 6.82. The average Bonchev–Trinajstić information content (AvgIpc) is 3.29. The van der Waals surface area contributed by atoms with Gasteiger partial charge in [0.2, 0.25) is 0 Å². The summed E-state index contributed by atoms with van der Waals surface area (Å²) in [6.07, 6.45) is 10.5. The zero-order chi connectivity index (χ0) is 24.9. The molecule has 3 aromatic heterocycles. The van der Waals surface area contributed by atoms with E-state index in [0.29, 0.717) is 5.56 Å². The lowest BCUT2D eigenvalue weighted by atomic mass is 10.1. The van der Waals surface area contributed by atoms with E-state index < -0.39 is 0 Å². The Hall–Kier alpha value is -3.99. The lowest BCUT2D eigenvalue weighted by Crippen LogP contribution is -2.28. The van der Waals surface area contributed by atoms with Crippen LogP contribution in [0.25, 0.3) is 23.1 Å². The Bertz CT molecular complexity index is 1430. The highest BCUT2D eigenvalue weighted by molar-refractivity contribution is 5.90. The summed E-state index contributed by atoms with van der Waals surface area (Å²) in [5.41, 5.74) is 7.21. The second-order valence-corrected chi connectivity index (χ2v) is 9.39. The molecule has 1 aliphatic rings. The molecule has 4 aromatic rings. The molecule has 2 N–H and O–H groups in total. The zero-order valence-electron chi connectivity index (χ0n) is 20.8. The van der Waals surface area contributed by atoms with Gasteiger partial charge in [-0.05, 0) is 81.5 Å². The van der Waals surface area contributed by atoms with E-state index in [-0.39, 0.29) is 0 Å². The molecule has 1 fully saturated rings. The number of aromatic nitrogens is 3. The van der Waals surface area contributed by atoms with Crippen LogP contribution in [0.5, 0.6) is 0 Å². The molecule has 0 bridgehead atoms. The fraction of sp³-hybridized carbons (Fsp3) is 0.276. The molecule has 0 spiro atoms. The predicted octanol–water partition coefficient (Wildman–Crippen LogP) is 5.19. The highest BCUT2D eigenvalue weighted by Gasteiger charge is 2.13. The number of nitrogens with zero attached hydrogens (tertiary/aromatic N) is 5. The van der Waals surface area contributed by atoms with E-state index in [1.807, 2.05) is 36.5 Å². The number of nitriles is 1. The average molecular weight is 478 g/mol. The van der Waals surface area contributed by atoms with E-state index in [2.05, 4.69) is 63.3 Å². The number of H-pyrrole nitrogens is 1. The summed E-state index contributed by atoms with van der Waals surface area (Å²) in [6.45, 7) is 7.34. The smallest absolute Gasteiger partial charge is 0.103 e. The summed E-state index contributed by atoms with van der Waals surface area (Å²) < 4.78 is 0. The number of aryl methyl sites for hydroxylation is 1. The van der Waals surface area contributed by atoms with E-state index in [4.69, 9.17) is 4.98 Å². The van der Waals surface area contributed by atoms with E-state index in [9.17, 15) is 5.26 Å². The summed E-state index contributed by atoms with van der Waals surface area (Å²) >= 11 is 0.